The van der Waals surface area contributed by atoms with Crippen LogP contribution in [0, 0.1) is 0 Å². The molecule has 6 nitrogen and oxygen atoms in total. The van der Waals surface area contributed by atoms with Crippen LogP contribution in [0.1, 0.15) is 26.5 Å². The Kier molecular flexibility index (Phi) is 4.43. The van der Waals surface area contributed by atoms with Crippen LogP contribution in [-0.2, 0) is 10.2 Å². The molecule has 3 rings (SSSR count). The van der Waals surface area contributed by atoms with Gasteiger partial charge in [-0.1, -0.05) is 39.0 Å². The SMILES string of the molecule is CC(C)(C)c1nnc(N2CCOCC2)nc1Nc1ccccc1. The normalized spacial score (nSPS) is 15.5. The Morgan fingerprint density at radius 1 is 1.04 bits per heavy atom. The van der Waals surface area contributed by atoms with Crippen LogP contribution in [0.3, 0.4) is 0 Å². The van der Waals surface area contributed by atoms with E-state index in [2.05, 4.69) is 41.2 Å². The summed E-state index contributed by atoms with van der Waals surface area (Å²) >= 11 is 0. The van der Waals surface area contributed by atoms with Crippen molar-refractivity contribution in [3.63, 3.8) is 0 Å². The Morgan fingerprint density at radius 2 is 1.74 bits per heavy atom. The molecule has 1 fully saturated rings. The topological polar surface area (TPSA) is 63.2 Å². The van der Waals surface area contributed by atoms with Gasteiger partial charge in [0.05, 0.1) is 13.2 Å². The largest absolute Gasteiger partial charge is 0.378 e. The predicted molar refractivity (Wildman–Crippen MR) is 91.3 cm³/mol. The second-order valence-corrected chi connectivity index (χ2v) is 6.65. The van der Waals surface area contributed by atoms with Gasteiger partial charge in [0.15, 0.2) is 5.82 Å². The molecule has 0 aliphatic carbocycles. The van der Waals surface area contributed by atoms with Gasteiger partial charge in [0.1, 0.15) is 5.69 Å². The number of nitrogens with zero attached hydrogens (tertiary/aromatic N) is 4. The van der Waals surface area contributed by atoms with Gasteiger partial charge in [-0.2, -0.15) is 4.98 Å². The summed E-state index contributed by atoms with van der Waals surface area (Å²) in [6, 6.07) is 10.0. The lowest BCUT2D eigenvalue weighted by molar-refractivity contribution is 0.122. The van der Waals surface area contributed by atoms with Crippen LogP contribution in [0.5, 0.6) is 0 Å². The van der Waals surface area contributed by atoms with E-state index in [0.717, 1.165) is 30.3 Å². The van der Waals surface area contributed by atoms with E-state index >= 15 is 0 Å². The van der Waals surface area contributed by atoms with Crippen LogP contribution in [0.25, 0.3) is 0 Å². The average molecular weight is 313 g/mol. The number of hydrogen-bond acceptors (Lipinski definition) is 6. The van der Waals surface area contributed by atoms with E-state index < -0.39 is 0 Å². The van der Waals surface area contributed by atoms with E-state index in [0.29, 0.717) is 19.2 Å². The van der Waals surface area contributed by atoms with Crippen molar-refractivity contribution in [3.05, 3.63) is 36.0 Å². The molecular formula is C17H23N5O. The quantitative estimate of drug-likeness (QED) is 0.940. The fourth-order valence-electron chi connectivity index (χ4n) is 2.47. The van der Waals surface area contributed by atoms with Crippen LogP contribution in [0.4, 0.5) is 17.5 Å². The first-order valence-electron chi connectivity index (χ1n) is 7.94. The molecule has 0 unspecified atom stereocenters. The minimum atomic E-state index is -0.138. The highest BCUT2D eigenvalue weighted by Gasteiger charge is 2.24. The molecule has 122 valence electrons. The molecule has 0 spiro atoms. The Labute approximate surface area is 136 Å². The summed E-state index contributed by atoms with van der Waals surface area (Å²) in [5.74, 6) is 1.42. The van der Waals surface area contributed by atoms with Gasteiger partial charge < -0.3 is 15.0 Å². The number of para-hydroxylation sites is 1. The molecule has 1 aromatic carbocycles. The Hall–Kier alpha value is -2.21. The highest BCUT2D eigenvalue weighted by atomic mass is 16.5. The van der Waals surface area contributed by atoms with Gasteiger partial charge in [0.25, 0.3) is 0 Å². The molecule has 0 radical (unpaired) electrons. The van der Waals surface area contributed by atoms with Crippen LogP contribution in [0.15, 0.2) is 30.3 Å². The van der Waals surface area contributed by atoms with Gasteiger partial charge >= 0.3 is 0 Å². The molecule has 2 heterocycles. The van der Waals surface area contributed by atoms with E-state index in [1.54, 1.807) is 0 Å². The maximum atomic E-state index is 5.39. The summed E-state index contributed by atoms with van der Waals surface area (Å²) in [7, 11) is 0. The molecular weight excluding hydrogens is 290 g/mol. The number of benzene rings is 1. The highest BCUT2D eigenvalue weighted by Crippen LogP contribution is 2.29. The van der Waals surface area contributed by atoms with Gasteiger partial charge in [-0.15, -0.1) is 10.2 Å². The molecule has 2 aromatic rings. The van der Waals surface area contributed by atoms with Crippen molar-refractivity contribution in [2.45, 2.75) is 26.2 Å². The number of rotatable bonds is 3. The molecule has 23 heavy (non-hydrogen) atoms. The van der Waals surface area contributed by atoms with Gasteiger partial charge in [-0.3, -0.25) is 0 Å². The van der Waals surface area contributed by atoms with Gasteiger partial charge in [-0.05, 0) is 12.1 Å². The summed E-state index contributed by atoms with van der Waals surface area (Å²) in [4.78, 5) is 6.85. The van der Waals surface area contributed by atoms with E-state index in [1.807, 2.05) is 30.3 Å². The third-order valence-corrected chi connectivity index (χ3v) is 3.72. The highest BCUT2D eigenvalue weighted by molar-refractivity contribution is 5.60. The smallest absolute Gasteiger partial charge is 0.247 e. The zero-order valence-corrected chi connectivity index (χ0v) is 13.9. The zero-order chi connectivity index (χ0) is 16.3. The summed E-state index contributed by atoms with van der Waals surface area (Å²) in [5.41, 5.74) is 1.71. The molecule has 6 heteroatoms. The van der Waals surface area contributed by atoms with Crippen molar-refractivity contribution in [3.8, 4) is 0 Å². The van der Waals surface area contributed by atoms with Gasteiger partial charge in [0, 0.05) is 24.2 Å². The number of anilines is 3. The molecule has 1 saturated heterocycles. The summed E-state index contributed by atoms with van der Waals surface area (Å²) < 4.78 is 5.39. The first kappa shape index (κ1) is 15.7. The van der Waals surface area contributed by atoms with E-state index in [1.165, 1.54) is 0 Å². The molecule has 1 N–H and O–H groups in total. The Morgan fingerprint density at radius 3 is 2.39 bits per heavy atom. The fourth-order valence-corrected chi connectivity index (χ4v) is 2.47. The van der Waals surface area contributed by atoms with Gasteiger partial charge in [0.2, 0.25) is 5.95 Å². The van der Waals surface area contributed by atoms with Crippen molar-refractivity contribution < 1.29 is 4.74 Å². The minimum absolute atomic E-state index is 0.138. The Bertz CT molecular complexity index is 648. The molecule has 0 bridgehead atoms. The summed E-state index contributed by atoms with van der Waals surface area (Å²) in [5, 5.41) is 12.2. The predicted octanol–water partition coefficient (Wildman–Crippen LogP) is 2.75. The summed E-state index contributed by atoms with van der Waals surface area (Å²) in [6.07, 6.45) is 0. The monoisotopic (exact) mass is 313 g/mol. The maximum absolute atomic E-state index is 5.39. The number of hydrogen-bond donors (Lipinski definition) is 1. The van der Waals surface area contributed by atoms with Crippen molar-refractivity contribution in [1.82, 2.24) is 15.2 Å². The lowest BCUT2D eigenvalue weighted by Crippen LogP contribution is -2.38. The van der Waals surface area contributed by atoms with Crippen LogP contribution in [-0.4, -0.2) is 41.5 Å². The van der Waals surface area contributed by atoms with Crippen LogP contribution < -0.4 is 10.2 Å². The number of aromatic nitrogens is 3. The van der Waals surface area contributed by atoms with Gasteiger partial charge in [-0.25, -0.2) is 0 Å². The van der Waals surface area contributed by atoms with Crippen LogP contribution >= 0.6 is 0 Å². The standard InChI is InChI=1S/C17H23N5O/c1-17(2,3)14-15(18-13-7-5-4-6-8-13)19-16(21-20-14)22-9-11-23-12-10-22/h4-8H,9-12H2,1-3H3,(H,18,19,21). The third kappa shape index (κ3) is 3.76. The first-order valence-corrected chi connectivity index (χ1v) is 7.94. The van der Waals surface area contributed by atoms with E-state index in [9.17, 15) is 0 Å². The lowest BCUT2D eigenvalue weighted by atomic mass is 9.92. The first-order chi connectivity index (χ1) is 11.0. The molecule has 1 aliphatic rings. The number of ether oxygens (including phenoxy) is 1. The van der Waals surface area contributed by atoms with E-state index in [-0.39, 0.29) is 5.41 Å². The number of nitrogens with one attached hydrogen (secondary N) is 1. The van der Waals surface area contributed by atoms with Crippen molar-refractivity contribution in [2.75, 3.05) is 36.5 Å². The second kappa shape index (κ2) is 6.50. The fraction of sp³-hybridized carbons (Fsp3) is 0.471. The maximum Gasteiger partial charge on any atom is 0.247 e. The number of morpholine rings is 1. The van der Waals surface area contributed by atoms with Crippen LogP contribution in [0.2, 0.25) is 0 Å². The molecule has 0 amide bonds. The third-order valence-electron chi connectivity index (χ3n) is 3.72. The van der Waals surface area contributed by atoms with Crippen molar-refractivity contribution >= 4 is 17.5 Å². The second-order valence-electron chi connectivity index (χ2n) is 6.65. The zero-order valence-electron chi connectivity index (χ0n) is 13.9. The summed E-state index contributed by atoms with van der Waals surface area (Å²) in [6.45, 7) is 9.33. The van der Waals surface area contributed by atoms with Crippen molar-refractivity contribution in [1.29, 1.82) is 0 Å². The minimum Gasteiger partial charge on any atom is -0.378 e. The van der Waals surface area contributed by atoms with E-state index in [4.69, 9.17) is 9.72 Å². The molecule has 1 aromatic heterocycles. The molecule has 1 aliphatic heterocycles. The van der Waals surface area contributed by atoms with Crippen molar-refractivity contribution in [2.24, 2.45) is 0 Å². The molecule has 0 atom stereocenters. The lowest BCUT2D eigenvalue weighted by Gasteiger charge is -2.28. The average Bonchev–Trinajstić information content (AvgIpc) is 2.55. The molecule has 0 saturated carbocycles. The Balaban J connectivity index is 1.95.